The van der Waals surface area contributed by atoms with Crippen molar-refractivity contribution in [2.45, 2.75) is 12.5 Å². The summed E-state index contributed by atoms with van der Waals surface area (Å²) in [4.78, 5) is 0. The molecule has 0 radical (unpaired) electrons. The van der Waals surface area contributed by atoms with Crippen molar-refractivity contribution in [2.75, 3.05) is 19.7 Å². The molecule has 0 aliphatic rings. The van der Waals surface area contributed by atoms with E-state index in [4.69, 9.17) is 5.11 Å². The average Bonchev–Trinajstić information content (AvgIpc) is 2.65. The molecule has 0 bridgehead atoms. The molecule has 0 fully saturated rings. The highest BCUT2D eigenvalue weighted by molar-refractivity contribution is 7.07. The summed E-state index contributed by atoms with van der Waals surface area (Å²) in [6.45, 7) is 1.50. The van der Waals surface area contributed by atoms with E-state index in [0.717, 1.165) is 18.5 Å². The SMILES string of the molecule is OCCCNCC(O)c1ccsc1. The molecule has 1 heterocycles. The first-order valence-electron chi connectivity index (χ1n) is 4.36. The second kappa shape index (κ2) is 6.10. The van der Waals surface area contributed by atoms with E-state index in [1.807, 2.05) is 16.8 Å². The molecule has 0 amide bonds. The molecule has 1 atom stereocenters. The lowest BCUT2D eigenvalue weighted by molar-refractivity contribution is 0.173. The Balaban J connectivity index is 2.15. The summed E-state index contributed by atoms with van der Waals surface area (Å²) in [5.41, 5.74) is 0.960. The van der Waals surface area contributed by atoms with Crippen LogP contribution in [0.2, 0.25) is 0 Å². The predicted molar refractivity (Wildman–Crippen MR) is 53.9 cm³/mol. The first-order chi connectivity index (χ1) is 6.34. The summed E-state index contributed by atoms with van der Waals surface area (Å²) in [5.74, 6) is 0. The molecule has 0 saturated heterocycles. The monoisotopic (exact) mass is 201 g/mol. The van der Waals surface area contributed by atoms with Crippen LogP contribution in [0.3, 0.4) is 0 Å². The second-order valence-corrected chi connectivity index (χ2v) is 3.63. The van der Waals surface area contributed by atoms with E-state index in [1.165, 1.54) is 0 Å². The van der Waals surface area contributed by atoms with Crippen molar-refractivity contribution in [3.8, 4) is 0 Å². The Morgan fingerprint density at radius 3 is 3.00 bits per heavy atom. The van der Waals surface area contributed by atoms with E-state index >= 15 is 0 Å². The number of aliphatic hydroxyl groups is 2. The van der Waals surface area contributed by atoms with Crippen molar-refractivity contribution in [3.05, 3.63) is 22.4 Å². The summed E-state index contributed by atoms with van der Waals surface area (Å²) in [7, 11) is 0. The lowest BCUT2D eigenvalue weighted by atomic mass is 10.2. The van der Waals surface area contributed by atoms with E-state index < -0.39 is 6.10 Å². The third kappa shape index (κ3) is 3.87. The summed E-state index contributed by atoms with van der Waals surface area (Å²) in [5, 5.41) is 25.1. The zero-order chi connectivity index (χ0) is 9.52. The normalized spacial score (nSPS) is 13.1. The molecule has 0 aliphatic heterocycles. The Morgan fingerprint density at radius 2 is 2.38 bits per heavy atom. The average molecular weight is 201 g/mol. The molecule has 1 aromatic rings. The maximum absolute atomic E-state index is 9.59. The Kier molecular flexibility index (Phi) is 5.00. The molecule has 13 heavy (non-hydrogen) atoms. The molecule has 1 unspecified atom stereocenters. The Bertz CT molecular complexity index is 213. The number of rotatable bonds is 6. The molecule has 3 N–H and O–H groups in total. The number of hydrogen-bond donors (Lipinski definition) is 3. The number of hydrogen-bond acceptors (Lipinski definition) is 4. The Hall–Kier alpha value is -0.420. The predicted octanol–water partition coefficient (Wildman–Crippen LogP) is 0.753. The van der Waals surface area contributed by atoms with Crippen LogP contribution in [0.15, 0.2) is 16.8 Å². The van der Waals surface area contributed by atoms with E-state index in [1.54, 1.807) is 11.3 Å². The van der Waals surface area contributed by atoms with Crippen LogP contribution in [0, 0.1) is 0 Å². The molecule has 4 heteroatoms. The van der Waals surface area contributed by atoms with Gasteiger partial charge in [0.1, 0.15) is 0 Å². The van der Waals surface area contributed by atoms with Crippen LogP contribution in [0.4, 0.5) is 0 Å². The van der Waals surface area contributed by atoms with Crippen LogP contribution in [-0.4, -0.2) is 29.9 Å². The molecule has 1 rings (SSSR count). The largest absolute Gasteiger partial charge is 0.396 e. The van der Waals surface area contributed by atoms with Gasteiger partial charge < -0.3 is 15.5 Å². The van der Waals surface area contributed by atoms with Crippen LogP contribution in [-0.2, 0) is 0 Å². The summed E-state index contributed by atoms with van der Waals surface area (Å²) >= 11 is 1.58. The van der Waals surface area contributed by atoms with Crippen LogP contribution in [0.1, 0.15) is 18.1 Å². The maximum atomic E-state index is 9.59. The highest BCUT2D eigenvalue weighted by atomic mass is 32.1. The van der Waals surface area contributed by atoms with Gasteiger partial charge in [-0.15, -0.1) is 0 Å². The van der Waals surface area contributed by atoms with Gasteiger partial charge in [-0.2, -0.15) is 11.3 Å². The van der Waals surface area contributed by atoms with Crippen molar-refractivity contribution in [1.29, 1.82) is 0 Å². The van der Waals surface area contributed by atoms with Gasteiger partial charge in [0.2, 0.25) is 0 Å². The smallest absolute Gasteiger partial charge is 0.0922 e. The van der Waals surface area contributed by atoms with Gasteiger partial charge in [-0.05, 0) is 35.4 Å². The minimum absolute atomic E-state index is 0.196. The number of aliphatic hydroxyl groups excluding tert-OH is 2. The fourth-order valence-corrected chi connectivity index (χ4v) is 1.73. The van der Waals surface area contributed by atoms with Gasteiger partial charge in [-0.25, -0.2) is 0 Å². The van der Waals surface area contributed by atoms with E-state index in [0.29, 0.717) is 6.54 Å². The van der Waals surface area contributed by atoms with Gasteiger partial charge in [-0.3, -0.25) is 0 Å². The quantitative estimate of drug-likeness (QED) is 0.595. The zero-order valence-electron chi connectivity index (χ0n) is 7.44. The first-order valence-corrected chi connectivity index (χ1v) is 5.30. The molecule has 74 valence electrons. The van der Waals surface area contributed by atoms with Crippen molar-refractivity contribution >= 4 is 11.3 Å². The first kappa shape index (κ1) is 10.7. The second-order valence-electron chi connectivity index (χ2n) is 2.85. The highest BCUT2D eigenvalue weighted by Crippen LogP contribution is 2.14. The standard InChI is InChI=1S/C9H15NO2S/c11-4-1-3-10-6-9(12)8-2-5-13-7-8/h2,5,7,9-12H,1,3-4,6H2. The van der Waals surface area contributed by atoms with Crippen molar-refractivity contribution in [2.24, 2.45) is 0 Å². The molecule has 0 aromatic carbocycles. The van der Waals surface area contributed by atoms with E-state index in [9.17, 15) is 5.11 Å². The fraction of sp³-hybridized carbons (Fsp3) is 0.556. The lowest BCUT2D eigenvalue weighted by Crippen LogP contribution is -2.22. The van der Waals surface area contributed by atoms with Gasteiger partial charge >= 0.3 is 0 Å². The third-order valence-electron chi connectivity index (χ3n) is 1.78. The molecule has 1 aromatic heterocycles. The number of nitrogens with one attached hydrogen (secondary N) is 1. The topological polar surface area (TPSA) is 52.5 Å². The van der Waals surface area contributed by atoms with Crippen LogP contribution in [0.5, 0.6) is 0 Å². The van der Waals surface area contributed by atoms with Gasteiger partial charge in [0.25, 0.3) is 0 Å². The molecule has 0 spiro atoms. The van der Waals surface area contributed by atoms with Crippen molar-refractivity contribution in [1.82, 2.24) is 5.32 Å². The molecular formula is C9H15NO2S. The minimum Gasteiger partial charge on any atom is -0.396 e. The fourth-order valence-electron chi connectivity index (χ4n) is 1.03. The molecular weight excluding hydrogens is 186 g/mol. The third-order valence-corrected chi connectivity index (χ3v) is 2.48. The lowest BCUT2D eigenvalue weighted by Gasteiger charge is -2.09. The zero-order valence-corrected chi connectivity index (χ0v) is 8.26. The molecule has 0 saturated carbocycles. The molecule has 0 aliphatic carbocycles. The van der Waals surface area contributed by atoms with Crippen LogP contribution >= 0.6 is 11.3 Å². The van der Waals surface area contributed by atoms with Gasteiger partial charge in [-0.1, -0.05) is 0 Å². The minimum atomic E-state index is -0.426. The van der Waals surface area contributed by atoms with Crippen LogP contribution in [0.25, 0.3) is 0 Å². The summed E-state index contributed by atoms with van der Waals surface area (Å²) in [6, 6.07) is 1.92. The Morgan fingerprint density at radius 1 is 1.54 bits per heavy atom. The van der Waals surface area contributed by atoms with E-state index in [2.05, 4.69) is 5.32 Å². The van der Waals surface area contributed by atoms with Gasteiger partial charge in [0, 0.05) is 13.2 Å². The Labute approximate surface area is 82.0 Å². The highest BCUT2D eigenvalue weighted by Gasteiger charge is 2.05. The number of thiophene rings is 1. The van der Waals surface area contributed by atoms with Gasteiger partial charge in [0.15, 0.2) is 0 Å². The van der Waals surface area contributed by atoms with Crippen LogP contribution < -0.4 is 5.32 Å². The van der Waals surface area contributed by atoms with Crippen molar-refractivity contribution in [3.63, 3.8) is 0 Å². The van der Waals surface area contributed by atoms with Gasteiger partial charge in [0.05, 0.1) is 6.10 Å². The maximum Gasteiger partial charge on any atom is 0.0922 e. The van der Waals surface area contributed by atoms with E-state index in [-0.39, 0.29) is 6.61 Å². The summed E-state index contributed by atoms with van der Waals surface area (Å²) < 4.78 is 0. The summed E-state index contributed by atoms with van der Waals surface area (Å²) in [6.07, 6.45) is 0.307. The van der Waals surface area contributed by atoms with Crippen molar-refractivity contribution < 1.29 is 10.2 Å². The molecule has 3 nitrogen and oxygen atoms in total.